The highest BCUT2D eigenvalue weighted by Crippen LogP contribution is 2.28. The first kappa shape index (κ1) is 19.2. The normalized spacial score (nSPS) is 12.7. The molecule has 0 bridgehead atoms. The Morgan fingerprint density at radius 1 is 1.03 bits per heavy atom. The SMILES string of the molecule is O=C(NCc1ccc(Cn2ccnc2)cc1)c1nn(-c2ccc(F)cc2)c2c1CCC2. The number of benzene rings is 2. The predicted octanol–water partition coefficient (Wildman–Crippen LogP) is 3.67. The summed E-state index contributed by atoms with van der Waals surface area (Å²) in [5.74, 6) is -0.469. The fourth-order valence-electron chi connectivity index (χ4n) is 4.04. The number of aromatic nitrogens is 4. The molecule has 0 fully saturated rings. The van der Waals surface area contributed by atoms with Gasteiger partial charge in [0.1, 0.15) is 5.82 Å². The topological polar surface area (TPSA) is 64.7 Å². The van der Waals surface area contributed by atoms with Gasteiger partial charge < -0.3 is 9.88 Å². The number of fused-ring (bicyclic) bond motifs is 1. The second-order valence-corrected chi connectivity index (χ2v) is 7.75. The molecule has 4 aromatic rings. The number of nitrogens with zero attached hydrogens (tertiary/aromatic N) is 4. The van der Waals surface area contributed by atoms with Crippen LogP contribution in [0.3, 0.4) is 0 Å². The average Bonchev–Trinajstić information content (AvgIpc) is 3.52. The van der Waals surface area contributed by atoms with Crippen molar-refractivity contribution in [3.8, 4) is 5.69 Å². The van der Waals surface area contributed by atoms with Gasteiger partial charge >= 0.3 is 0 Å². The van der Waals surface area contributed by atoms with Gasteiger partial charge in [0, 0.05) is 36.7 Å². The number of amides is 1. The van der Waals surface area contributed by atoms with E-state index in [-0.39, 0.29) is 11.7 Å². The van der Waals surface area contributed by atoms with Crippen LogP contribution in [0.5, 0.6) is 0 Å². The molecule has 0 aliphatic heterocycles. The second-order valence-electron chi connectivity index (χ2n) is 7.75. The van der Waals surface area contributed by atoms with Crippen molar-refractivity contribution in [2.45, 2.75) is 32.4 Å². The first-order valence-electron chi connectivity index (χ1n) is 10.4. The highest BCUT2D eigenvalue weighted by Gasteiger charge is 2.26. The number of rotatable bonds is 6. The number of carbonyl (C=O) groups is 1. The Labute approximate surface area is 179 Å². The Morgan fingerprint density at radius 3 is 2.55 bits per heavy atom. The lowest BCUT2D eigenvalue weighted by atomic mass is 10.1. The molecule has 2 heterocycles. The van der Waals surface area contributed by atoms with Gasteiger partial charge in [-0.05, 0) is 54.7 Å². The summed E-state index contributed by atoms with van der Waals surface area (Å²) in [6, 6.07) is 14.4. The van der Waals surface area contributed by atoms with Crippen LogP contribution in [0, 0.1) is 5.82 Å². The van der Waals surface area contributed by atoms with Crippen LogP contribution in [0.1, 0.15) is 39.3 Å². The molecule has 0 saturated carbocycles. The predicted molar refractivity (Wildman–Crippen MR) is 114 cm³/mol. The van der Waals surface area contributed by atoms with Gasteiger partial charge in [-0.15, -0.1) is 0 Å². The monoisotopic (exact) mass is 415 g/mol. The standard InChI is InChI=1S/C24H22FN5O/c25-19-8-10-20(11-9-19)30-22-3-1-2-21(22)23(28-30)24(31)27-14-17-4-6-18(7-5-17)15-29-13-12-26-16-29/h4-13,16H,1-3,14-15H2,(H,27,31). The van der Waals surface area contributed by atoms with Crippen molar-refractivity contribution in [3.63, 3.8) is 0 Å². The molecular formula is C24H22FN5O. The summed E-state index contributed by atoms with van der Waals surface area (Å²) in [5, 5.41) is 7.57. The first-order chi connectivity index (χ1) is 15.2. The van der Waals surface area contributed by atoms with Crippen LogP contribution in [0.4, 0.5) is 4.39 Å². The molecule has 5 rings (SSSR count). The summed E-state index contributed by atoms with van der Waals surface area (Å²) in [5.41, 5.74) is 5.47. The number of imidazole rings is 1. The minimum Gasteiger partial charge on any atom is -0.347 e. The maximum atomic E-state index is 13.3. The maximum absolute atomic E-state index is 13.3. The molecule has 1 aliphatic carbocycles. The molecule has 0 radical (unpaired) electrons. The van der Waals surface area contributed by atoms with Crippen LogP contribution in [0.15, 0.2) is 67.3 Å². The Balaban J connectivity index is 1.29. The molecule has 7 heteroatoms. The van der Waals surface area contributed by atoms with E-state index in [0.717, 1.165) is 48.3 Å². The fraction of sp³-hybridized carbons (Fsp3) is 0.208. The highest BCUT2D eigenvalue weighted by molar-refractivity contribution is 5.94. The van der Waals surface area contributed by atoms with Gasteiger partial charge in [0.15, 0.2) is 5.69 Å². The van der Waals surface area contributed by atoms with E-state index in [4.69, 9.17) is 0 Å². The quantitative estimate of drug-likeness (QED) is 0.523. The van der Waals surface area contributed by atoms with E-state index in [1.54, 1.807) is 29.3 Å². The Hall–Kier alpha value is -3.74. The molecule has 156 valence electrons. The lowest BCUT2D eigenvalue weighted by Crippen LogP contribution is -2.24. The molecule has 0 spiro atoms. The van der Waals surface area contributed by atoms with Gasteiger partial charge in [-0.1, -0.05) is 24.3 Å². The molecule has 0 atom stereocenters. The molecule has 6 nitrogen and oxygen atoms in total. The zero-order valence-corrected chi connectivity index (χ0v) is 17.0. The van der Waals surface area contributed by atoms with Crippen molar-refractivity contribution < 1.29 is 9.18 Å². The van der Waals surface area contributed by atoms with E-state index in [0.29, 0.717) is 12.2 Å². The first-order valence-corrected chi connectivity index (χ1v) is 10.4. The van der Waals surface area contributed by atoms with Crippen LogP contribution in [-0.4, -0.2) is 25.2 Å². The Kier molecular flexibility index (Phi) is 5.08. The van der Waals surface area contributed by atoms with Gasteiger partial charge in [-0.3, -0.25) is 4.79 Å². The Morgan fingerprint density at radius 2 is 1.81 bits per heavy atom. The summed E-state index contributed by atoms with van der Waals surface area (Å²) in [6.07, 6.45) is 8.17. The van der Waals surface area contributed by atoms with Crippen molar-refractivity contribution >= 4 is 5.91 Å². The van der Waals surface area contributed by atoms with Crippen molar-refractivity contribution in [2.24, 2.45) is 0 Å². The van der Waals surface area contributed by atoms with E-state index in [1.807, 2.05) is 22.9 Å². The minimum atomic E-state index is -0.290. The molecule has 1 aliphatic rings. The lowest BCUT2D eigenvalue weighted by Gasteiger charge is -2.07. The summed E-state index contributed by atoms with van der Waals surface area (Å²) in [6.45, 7) is 1.20. The second kappa shape index (κ2) is 8.18. The third-order valence-corrected chi connectivity index (χ3v) is 5.62. The van der Waals surface area contributed by atoms with Crippen molar-refractivity contribution in [1.29, 1.82) is 0 Å². The van der Waals surface area contributed by atoms with Crippen LogP contribution in [0.2, 0.25) is 0 Å². The smallest absolute Gasteiger partial charge is 0.272 e. The van der Waals surface area contributed by atoms with Crippen LogP contribution in [-0.2, 0) is 25.9 Å². The van der Waals surface area contributed by atoms with Crippen LogP contribution in [0.25, 0.3) is 5.69 Å². The van der Waals surface area contributed by atoms with E-state index in [1.165, 1.54) is 17.7 Å². The molecule has 2 aromatic carbocycles. The largest absolute Gasteiger partial charge is 0.347 e. The number of halogens is 1. The van der Waals surface area contributed by atoms with Gasteiger partial charge in [-0.25, -0.2) is 14.1 Å². The van der Waals surface area contributed by atoms with Gasteiger partial charge in [0.05, 0.1) is 12.0 Å². The summed E-state index contributed by atoms with van der Waals surface area (Å²) < 4.78 is 17.1. The third-order valence-electron chi connectivity index (χ3n) is 5.62. The van der Waals surface area contributed by atoms with Gasteiger partial charge in [-0.2, -0.15) is 5.10 Å². The zero-order chi connectivity index (χ0) is 21.2. The summed E-state index contributed by atoms with van der Waals surface area (Å²) >= 11 is 0. The average molecular weight is 415 g/mol. The number of carbonyl (C=O) groups excluding carboxylic acids is 1. The number of hydrogen-bond donors (Lipinski definition) is 1. The zero-order valence-electron chi connectivity index (χ0n) is 17.0. The Bertz CT molecular complexity index is 1190. The molecular weight excluding hydrogens is 393 g/mol. The molecule has 1 amide bonds. The lowest BCUT2D eigenvalue weighted by molar-refractivity contribution is 0.0944. The molecule has 0 unspecified atom stereocenters. The molecule has 0 saturated heterocycles. The number of hydrogen-bond acceptors (Lipinski definition) is 3. The van der Waals surface area contributed by atoms with Gasteiger partial charge in [0.2, 0.25) is 0 Å². The third kappa shape index (κ3) is 3.99. The summed E-state index contributed by atoms with van der Waals surface area (Å²) in [7, 11) is 0. The number of nitrogens with one attached hydrogen (secondary N) is 1. The van der Waals surface area contributed by atoms with E-state index in [9.17, 15) is 9.18 Å². The van der Waals surface area contributed by atoms with Crippen molar-refractivity contribution in [3.05, 3.63) is 101 Å². The maximum Gasteiger partial charge on any atom is 0.272 e. The van der Waals surface area contributed by atoms with E-state index >= 15 is 0 Å². The fourth-order valence-corrected chi connectivity index (χ4v) is 4.04. The van der Waals surface area contributed by atoms with Crippen molar-refractivity contribution in [2.75, 3.05) is 0 Å². The van der Waals surface area contributed by atoms with E-state index < -0.39 is 0 Å². The molecule has 31 heavy (non-hydrogen) atoms. The van der Waals surface area contributed by atoms with Crippen LogP contribution < -0.4 is 5.32 Å². The van der Waals surface area contributed by atoms with Gasteiger partial charge in [0.25, 0.3) is 5.91 Å². The van der Waals surface area contributed by atoms with Crippen molar-refractivity contribution in [1.82, 2.24) is 24.6 Å². The summed E-state index contributed by atoms with van der Waals surface area (Å²) in [4.78, 5) is 17.0. The molecule has 2 aromatic heterocycles. The molecule has 1 N–H and O–H groups in total. The van der Waals surface area contributed by atoms with Crippen LogP contribution >= 0.6 is 0 Å². The van der Waals surface area contributed by atoms with E-state index in [2.05, 4.69) is 27.5 Å². The highest BCUT2D eigenvalue weighted by atomic mass is 19.1. The minimum absolute atomic E-state index is 0.179.